The van der Waals surface area contributed by atoms with Crippen LogP contribution in [0.5, 0.6) is 0 Å². The smallest absolute Gasteiger partial charge is 0.340 e. The number of nitrogens with two attached hydrogens (primary N) is 1. The lowest BCUT2D eigenvalue weighted by atomic mass is 10.1. The second-order valence-corrected chi connectivity index (χ2v) is 5.11. The largest absolute Gasteiger partial charge is 0.462 e. The second-order valence-electron chi connectivity index (χ2n) is 5.11. The fourth-order valence-corrected chi connectivity index (χ4v) is 2.04. The van der Waals surface area contributed by atoms with E-state index in [0.29, 0.717) is 0 Å². The highest BCUT2D eigenvalue weighted by molar-refractivity contribution is 5.95. The van der Waals surface area contributed by atoms with Crippen LogP contribution in [-0.2, 0) is 4.74 Å². The molecule has 0 amide bonds. The van der Waals surface area contributed by atoms with Crippen LogP contribution in [0.1, 0.15) is 62.2 Å². The lowest BCUT2D eigenvalue weighted by Gasteiger charge is -2.07. The van der Waals surface area contributed by atoms with Crippen molar-refractivity contribution in [2.24, 2.45) is 0 Å². The first-order valence-electron chi connectivity index (χ1n) is 7.48. The number of carbonyl (C=O) groups is 1. The molecule has 0 spiro atoms. The third-order valence-electron chi connectivity index (χ3n) is 3.29. The number of halogens is 2. The lowest BCUT2D eigenvalue weighted by Crippen LogP contribution is -2.10. The zero-order valence-electron chi connectivity index (χ0n) is 12.5. The Kier molecular flexibility index (Phi) is 7.72. The molecule has 0 aliphatic heterocycles. The van der Waals surface area contributed by atoms with Crippen LogP contribution in [0.4, 0.5) is 14.5 Å². The number of hydrogen-bond acceptors (Lipinski definition) is 3. The van der Waals surface area contributed by atoms with Gasteiger partial charge in [-0.2, -0.15) is 0 Å². The molecule has 0 aliphatic carbocycles. The summed E-state index contributed by atoms with van der Waals surface area (Å²) in [5.74, 6) is -2.89. The summed E-state index contributed by atoms with van der Waals surface area (Å²) in [6, 6.07) is 1.57. The lowest BCUT2D eigenvalue weighted by molar-refractivity contribution is 0.0498. The van der Waals surface area contributed by atoms with Gasteiger partial charge in [0.15, 0.2) is 11.6 Å². The molecule has 0 atom stereocenters. The molecular formula is C16H23F2NO2. The van der Waals surface area contributed by atoms with E-state index in [0.717, 1.165) is 31.4 Å². The van der Waals surface area contributed by atoms with Gasteiger partial charge in [0.25, 0.3) is 0 Å². The average Bonchev–Trinajstić information content (AvgIpc) is 2.45. The molecule has 0 bridgehead atoms. The summed E-state index contributed by atoms with van der Waals surface area (Å²) in [5, 5.41) is 0. The van der Waals surface area contributed by atoms with Gasteiger partial charge in [-0.05, 0) is 12.5 Å². The molecule has 3 nitrogen and oxygen atoms in total. The van der Waals surface area contributed by atoms with Crippen LogP contribution < -0.4 is 5.73 Å². The summed E-state index contributed by atoms with van der Waals surface area (Å²) >= 11 is 0. The van der Waals surface area contributed by atoms with Crippen molar-refractivity contribution in [1.29, 1.82) is 0 Å². The summed E-state index contributed by atoms with van der Waals surface area (Å²) in [5.41, 5.74) is 5.24. The van der Waals surface area contributed by atoms with Crippen LogP contribution in [0.2, 0.25) is 0 Å². The summed E-state index contributed by atoms with van der Waals surface area (Å²) in [6.07, 6.45) is 7.77. The molecule has 0 aliphatic rings. The maximum Gasteiger partial charge on any atom is 0.340 e. The maximum absolute atomic E-state index is 13.1. The van der Waals surface area contributed by atoms with Crippen molar-refractivity contribution < 1.29 is 18.3 Å². The first-order chi connectivity index (χ1) is 10.1. The fourth-order valence-electron chi connectivity index (χ4n) is 2.04. The molecule has 0 fully saturated rings. The molecule has 0 radical (unpaired) electrons. The minimum atomic E-state index is -1.10. The highest BCUT2D eigenvalue weighted by Gasteiger charge is 2.15. The van der Waals surface area contributed by atoms with Crippen LogP contribution in [0, 0.1) is 11.6 Å². The van der Waals surface area contributed by atoms with E-state index in [1.54, 1.807) is 0 Å². The fraction of sp³-hybridized carbons (Fsp3) is 0.562. The van der Waals surface area contributed by atoms with Gasteiger partial charge in [0.1, 0.15) is 0 Å². The predicted molar refractivity (Wildman–Crippen MR) is 79.0 cm³/mol. The number of ether oxygens (including phenoxy) is 1. The minimum absolute atomic E-state index is 0.113. The molecule has 21 heavy (non-hydrogen) atoms. The van der Waals surface area contributed by atoms with E-state index in [1.807, 2.05) is 0 Å². The predicted octanol–water partition coefficient (Wildman–Crippen LogP) is 4.45. The molecule has 5 heteroatoms. The molecule has 1 rings (SSSR count). The number of esters is 1. The molecule has 0 unspecified atom stereocenters. The second kappa shape index (κ2) is 9.32. The SMILES string of the molecule is CCCCCCCCCOC(=O)c1cc(F)c(F)cc1N. The van der Waals surface area contributed by atoms with Crippen molar-refractivity contribution in [2.75, 3.05) is 12.3 Å². The van der Waals surface area contributed by atoms with E-state index < -0.39 is 17.6 Å². The van der Waals surface area contributed by atoms with E-state index in [-0.39, 0.29) is 17.9 Å². The number of benzene rings is 1. The first kappa shape index (κ1) is 17.4. The number of nitrogen functional groups attached to an aromatic ring is 1. The van der Waals surface area contributed by atoms with Crippen LogP contribution in [0.15, 0.2) is 12.1 Å². The van der Waals surface area contributed by atoms with Gasteiger partial charge >= 0.3 is 5.97 Å². The van der Waals surface area contributed by atoms with Crippen LogP contribution in [-0.4, -0.2) is 12.6 Å². The highest BCUT2D eigenvalue weighted by atomic mass is 19.2. The minimum Gasteiger partial charge on any atom is -0.462 e. The van der Waals surface area contributed by atoms with Crippen LogP contribution in [0.25, 0.3) is 0 Å². The Hall–Kier alpha value is -1.65. The summed E-state index contributed by atoms with van der Waals surface area (Å²) in [6.45, 7) is 2.44. The van der Waals surface area contributed by atoms with Gasteiger partial charge in [-0.1, -0.05) is 45.4 Å². The standard InChI is InChI=1S/C16H23F2NO2/c1-2-3-4-5-6-7-8-9-21-16(20)12-10-13(17)14(18)11-15(12)19/h10-11H,2-9,19H2,1H3. The normalized spacial score (nSPS) is 10.6. The summed E-state index contributed by atoms with van der Waals surface area (Å²) < 4.78 is 31.0. The van der Waals surface area contributed by atoms with Crippen molar-refractivity contribution in [2.45, 2.75) is 51.9 Å². The Morgan fingerprint density at radius 3 is 2.29 bits per heavy atom. The number of rotatable bonds is 9. The quantitative estimate of drug-likeness (QED) is 0.416. The van der Waals surface area contributed by atoms with E-state index in [1.165, 1.54) is 25.7 Å². The van der Waals surface area contributed by atoms with Crippen molar-refractivity contribution in [3.8, 4) is 0 Å². The third-order valence-corrected chi connectivity index (χ3v) is 3.29. The Morgan fingerprint density at radius 1 is 1.05 bits per heavy atom. The highest BCUT2D eigenvalue weighted by Crippen LogP contribution is 2.18. The number of unbranched alkanes of at least 4 members (excludes halogenated alkanes) is 6. The number of carbonyl (C=O) groups excluding carboxylic acids is 1. The van der Waals surface area contributed by atoms with E-state index >= 15 is 0 Å². The molecule has 0 saturated carbocycles. The number of anilines is 1. The van der Waals surface area contributed by atoms with Crippen LogP contribution >= 0.6 is 0 Å². The van der Waals surface area contributed by atoms with Crippen molar-refractivity contribution in [3.05, 3.63) is 29.3 Å². The molecule has 0 saturated heterocycles. The topological polar surface area (TPSA) is 52.3 Å². The molecule has 118 valence electrons. The van der Waals surface area contributed by atoms with Gasteiger partial charge in [0.2, 0.25) is 0 Å². The molecule has 1 aromatic rings. The van der Waals surface area contributed by atoms with E-state index in [4.69, 9.17) is 10.5 Å². The Morgan fingerprint density at radius 2 is 1.62 bits per heavy atom. The first-order valence-corrected chi connectivity index (χ1v) is 7.48. The van der Waals surface area contributed by atoms with Crippen LogP contribution in [0.3, 0.4) is 0 Å². The van der Waals surface area contributed by atoms with Gasteiger partial charge in [-0.15, -0.1) is 0 Å². The van der Waals surface area contributed by atoms with Gasteiger partial charge in [0.05, 0.1) is 12.2 Å². The van der Waals surface area contributed by atoms with Crippen molar-refractivity contribution >= 4 is 11.7 Å². The van der Waals surface area contributed by atoms with Crippen molar-refractivity contribution in [3.63, 3.8) is 0 Å². The van der Waals surface area contributed by atoms with Gasteiger partial charge < -0.3 is 10.5 Å². The molecule has 0 aromatic heterocycles. The Labute approximate surface area is 124 Å². The monoisotopic (exact) mass is 299 g/mol. The summed E-state index contributed by atoms with van der Waals surface area (Å²) in [7, 11) is 0. The average molecular weight is 299 g/mol. The van der Waals surface area contributed by atoms with Crippen molar-refractivity contribution in [1.82, 2.24) is 0 Å². The van der Waals surface area contributed by atoms with E-state index in [9.17, 15) is 13.6 Å². The molecule has 2 N–H and O–H groups in total. The third kappa shape index (κ3) is 6.10. The zero-order chi connectivity index (χ0) is 15.7. The number of hydrogen-bond donors (Lipinski definition) is 1. The molecule has 0 heterocycles. The van der Waals surface area contributed by atoms with Gasteiger partial charge in [-0.25, -0.2) is 13.6 Å². The maximum atomic E-state index is 13.1. The van der Waals surface area contributed by atoms with E-state index in [2.05, 4.69) is 6.92 Å². The molecule has 1 aromatic carbocycles. The zero-order valence-corrected chi connectivity index (χ0v) is 12.5. The molecular weight excluding hydrogens is 276 g/mol. The summed E-state index contributed by atoms with van der Waals surface area (Å²) in [4.78, 5) is 11.7. The Bertz CT molecular complexity index is 464. The Balaban J connectivity index is 2.27. The van der Waals surface area contributed by atoms with Gasteiger partial charge in [0, 0.05) is 11.8 Å². The van der Waals surface area contributed by atoms with Gasteiger partial charge in [-0.3, -0.25) is 0 Å².